The van der Waals surface area contributed by atoms with Crippen molar-refractivity contribution in [1.29, 1.82) is 0 Å². The van der Waals surface area contributed by atoms with Crippen molar-refractivity contribution in [2.75, 3.05) is 20.1 Å². The van der Waals surface area contributed by atoms with Crippen molar-refractivity contribution in [1.82, 2.24) is 25.8 Å². The third-order valence-electron chi connectivity index (χ3n) is 8.74. The fraction of sp³-hybridized carbons (Fsp3) is 0.371. The maximum atomic E-state index is 14.3. The number of nitrogens with one attached hydrogen (secondary N) is 3. The first kappa shape index (κ1) is 30.9. The monoisotopic (exact) mass is 595 g/mol. The lowest BCUT2D eigenvalue weighted by atomic mass is 9.98. The molecular weight excluding hydrogens is 554 g/mol. The van der Waals surface area contributed by atoms with Crippen LogP contribution in [0.2, 0.25) is 0 Å². The fourth-order valence-corrected chi connectivity index (χ4v) is 6.16. The molecule has 9 nitrogen and oxygen atoms in total. The lowest BCUT2D eigenvalue weighted by Crippen LogP contribution is -2.62. The standard InChI is InChI=1S/C35H41N5O4/c1-24(36-2)33(42)37-29-23-39(31(41)22-25-12-6-3-7-13-25)21-20-28-18-19-30(40(28)35(29)44)34(43)38-32(26-14-8-4-9-15-26)27-16-10-5-11-17-27/h3-17,24,28-30,32,36H,18-23H2,1-2H3,(H,37,42)(H,38,43)/t24-,28?,29-,30-/m0/s1. The SMILES string of the molecule is CN[C@@H](C)C(=O)N[C@H]1CN(C(=O)Cc2ccccc2)CCC2CC[C@@H](C(=O)NC(c3ccccc3)c3ccccc3)N2C1=O. The Hall–Kier alpha value is -4.50. The van der Waals surface area contributed by atoms with E-state index in [4.69, 9.17) is 0 Å². The minimum atomic E-state index is -0.978. The highest BCUT2D eigenvalue weighted by atomic mass is 16.2. The van der Waals surface area contributed by atoms with E-state index in [0.29, 0.717) is 25.8 Å². The molecular formula is C35H41N5O4. The largest absolute Gasteiger partial charge is 0.343 e. The number of carbonyl (C=O) groups excluding carboxylic acids is 4. The van der Waals surface area contributed by atoms with E-state index in [9.17, 15) is 19.2 Å². The van der Waals surface area contributed by atoms with Crippen molar-refractivity contribution >= 4 is 23.6 Å². The summed E-state index contributed by atoms with van der Waals surface area (Å²) in [7, 11) is 1.67. The second-order valence-electron chi connectivity index (χ2n) is 11.6. The summed E-state index contributed by atoms with van der Waals surface area (Å²) in [6.45, 7) is 2.18. The molecule has 1 unspecified atom stereocenters. The predicted octanol–water partition coefficient (Wildman–Crippen LogP) is 2.82. The van der Waals surface area contributed by atoms with Crippen LogP contribution in [0.1, 0.15) is 48.9 Å². The number of hydrogen-bond acceptors (Lipinski definition) is 5. The Morgan fingerprint density at radius 2 is 1.43 bits per heavy atom. The summed E-state index contributed by atoms with van der Waals surface area (Å²) >= 11 is 0. The van der Waals surface area contributed by atoms with Gasteiger partial charge in [-0.1, -0.05) is 91.0 Å². The van der Waals surface area contributed by atoms with E-state index in [2.05, 4.69) is 16.0 Å². The third-order valence-corrected chi connectivity index (χ3v) is 8.74. The lowest BCUT2D eigenvalue weighted by molar-refractivity contribution is -0.147. The van der Waals surface area contributed by atoms with Crippen molar-refractivity contribution in [3.63, 3.8) is 0 Å². The second kappa shape index (κ2) is 14.3. The molecule has 4 atom stereocenters. The molecule has 2 saturated heterocycles. The van der Waals surface area contributed by atoms with E-state index in [0.717, 1.165) is 16.7 Å². The molecule has 0 bridgehead atoms. The first-order chi connectivity index (χ1) is 21.4. The van der Waals surface area contributed by atoms with Gasteiger partial charge in [-0.15, -0.1) is 0 Å². The van der Waals surface area contributed by atoms with E-state index in [1.807, 2.05) is 91.0 Å². The van der Waals surface area contributed by atoms with Crippen LogP contribution in [-0.4, -0.2) is 77.7 Å². The number of fused-ring (bicyclic) bond motifs is 1. The zero-order valence-corrected chi connectivity index (χ0v) is 25.3. The van der Waals surface area contributed by atoms with Crippen molar-refractivity contribution in [2.45, 2.75) is 62.8 Å². The summed E-state index contributed by atoms with van der Waals surface area (Å²) < 4.78 is 0. The van der Waals surface area contributed by atoms with Gasteiger partial charge in [-0.25, -0.2) is 0 Å². The molecule has 0 saturated carbocycles. The Bertz CT molecular complexity index is 1400. The minimum absolute atomic E-state index is 0.0425. The van der Waals surface area contributed by atoms with Gasteiger partial charge >= 0.3 is 0 Å². The van der Waals surface area contributed by atoms with Gasteiger partial charge in [0.05, 0.1) is 18.5 Å². The Labute approximate surface area is 259 Å². The van der Waals surface area contributed by atoms with E-state index in [1.165, 1.54) is 0 Å². The fourth-order valence-electron chi connectivity index (χ4n) is 6.16. The highest BCUT2D eigenvalue weighted by Gasteiger charge is 2.46. The molecule has 0 spiro atoms. The number of rotatable bonds is 9. The molecule has 4 amide bonds. The van der Waals surface area contributed by atoms with Crippen LogP contribution < -0.4 is 16.0 Å². The molecule has 0 radical (unpaired) electrons. The normalized spacial score (nSPS) is 20.8. The molecule has 2 aliphatic rings. The van der Waals surface area contributed by atoms with E-state index in [1.54, 1.807) is 23.8 Å². The summed E-state index contributed by atoms with van der Waals surface area (Å²) in [6.07, 6.45) is 1.91. The van der Waals surface area contributed by atoms with Crippen LogP contribution in [0, 0.1) is 0 Å². The summed E-state index contributed by atoms with van der Waals surface area (Å²) in [6, 6.07) is 26.2. The number of likely N-dealkylation sites (N-methyl/N-ethyl adjacent to an activating group) is 1. The molecule has 2 heterocycles. The van der Waals surface area contributed by atoms with E-state index in [-0.39, 0.29) is 48.7 Å². The van der Waals surface area contributed by atoms with E-state index >= 15 is 0 Å². The van der Waals surface area contributed by atoms with Gasteiger partial charge in [0.2, 0.25) is 23.6 Å². The number of amides is 4. The van der Waals surface area contributed by atoms with Gasteiger partial charge < -0.3 is 25.8 Å². The van der Waals surface area contributed by atoms with Gasteiger partial charge in [0, 0.05) is 19.1 Å². The number of hydrogen-bond donors (Lipinski definition) is 3. The summed E-state index contributed by atoms with van der Waals surface area (Å²) in [4.78, 5) is 58.0. The van der Waals surface area contributed by atoms with E-state index < -0.39 is 18.1 Å². The molecule has 3 N–H and O–H groups in total. The Morgan fingerprint density at radius 1 is 0.841 bits per heavy atom. The van der Waals surface area contributed by atoms with Crippen LogP contribution in [0.15, 0.2) is 91.0 Å². The van der Waals surface area contributed by atoms with Gasteiger partial charge in [-0.05, 0) is 49.9 Å². The van der Waals surface area contributed by atoms with Crippen LogP contribution in [0.25, 0.3) is 0 Å². The maximum absolute atomic E-state index is 14.3. The first-order valence-corrected chi connectivity index (χ1v) is 15.4. The quantitative estimate of drug-likeness (QED) is 0.353. The van der Waals surface area contributed by atoms with Crippen molar-refractivity contribution in [3.8, 4) is 0 Å². The smallest absolute Gasteiger partial charge is 0.247 e. The molecule has 2 fully saturated rings. The predicted molar refractivity (Wildman–Crippen MR) is 168 cm³/mol. The van der Waals surface area contributed by atoms with Crippen LogP contribution in [0.4, 0.5) is 0 Å². The topological polar surface area (TPSA) is 111 Å². The summed E-state index contributed by atoms with van der Waals surface area (Å²) in [5.74, 6) is -1.01. The van der Waals surface area contributed by atoms with Crippen molar-refractivity contribution in [2.24, 2.45) is 0 Å². The first-order valence-electron chi connectivity index (χ1n) is 15.4. The van der Waals surface area contributed by atoms with Gasteiger partial charge in [0.15, 0.2) is 0 Å². The van der Waals surface area contributed by atoms with Gasteiger partial charge in [0.1, 0.15) is 12.1 Å². The van der Waals surface area contributed by atoms with Gasteiger partial charge in [-0.3, -0.25) is 19.2 Å². The molecule has 3 aromatic carbocycles. The Balaban J connectivity index is 1.39. The minimum Gasteiger partial charge on any atom is -0.343 e. The lowest BCUT2D eigenvalue weighted by Gasteiger charge is -2.39. The van der Waals surface area contributed by atoms with Crippen molar-refractivity contribution < 1.29 is 19.2 Å². The van der Waals surface area contributed by atoms with Crippen LogP contribution in [-0.2, 0) is 25.6 Å². The molecule has 230 valence electrons. The van der Waals surface area contributed by atoms with Gasteiger partial charge in [-0.2, -0.15) is 0 Å². The highest BCUT2D eigenvalue weighted by molar-refractivity contribution is 5.94. The highest BCUT2D eigenvalue weighted by Crippen LogP contribution is 2.31. The average molecular weight is 596 g/mol. The van der Waals surface area contributed by atoms with Crippen LogP contribution in [0.5, 0.6) is 0 Å². The Morgan fingerprint density at radius 3 is 2.02 bits per heavy atom. The molecule has 0 aliphatic carbocycles. The zero-order valence-electron chi connectivity index (χ0n) is 25.3. The number of benzene rings is 3. The number of nitrogens with zero attached hydrogens (tertiary/aromatic N) is 2. The second-order valence-corrected chi connectivity index (χ2v) is 11.6. The molecule has 3 aromatic rings. The molecule has 0 aromatic heterocycles. The Kier molecular flexibility index (Phi) is 10.1. The third kappa shape index (κ3) is 7.17. The van der Waals surface area contributed by atoms with Crippen LogP contribution >= 0.6 is 0 Å². The molecule has 9 heteroatoms. The summed E-state index contributed by atoms with van der Waals surface area (Å²) in [5.41, 5.74) is 2.78. The maximum Gasteiger partial charge on any atom is 0.247 e. The number of carbonyl (C=O) groups is 4. The van der Waals surface area contributed by atoms with Crippen molar-refractivity contribution in [3.05, 3.63) is 108 Å². The van der Waals surface area contributed by atoms with Gasteiger partial charge in [0.25, 0.3) is 0 Å². The molecule has 5 rings (SSSR count). The molecule has 44 heavy (non-hydrogen) atoms. The zero-order chi connectivity index (χ0) is 31.1. The summed E-state index contributed by atoms with van der Waals surface area (Å²) in [5, 5.41) is 9.01. The van der Waals surface area contributed by atoms with Crippen LogP contribution in [0.3, 0.4) is 0 Å². The average Bonchev–Trinajstić information content (AvgIpc) is 3.48. The molecule has 2 aliphatic heterocycles.